The maximum atomic E-state index is 5.88. The van der Waals surface area contributed by atoms with Crippen molar-refractivity contribution >= 4 is 17.4 Å². The Kier molecular flexibility index (Phi) is 4.95. The number of thioether (sulfide) groups is 1. The van der Waals surface area contributed by atoms with Crippen molar-refractivity contribution in [2.24, 2.45) is 0 Å². The summed E-state index contributed by atoms with van der Waals surface area (Å²) in [6.07, 6.45) is 4.84. The number of hydrogen-bond donors (Lipinski definition) is 0. The van der Waals surface area contributed by atoms with Gasteiger partial charge in [-0.3, -0.25) is 0 Å². The van der Waals surface area contributed by atoms with Crippen LogP contribution in [0.3, 0.4) is 0 Å². The molecule has 1 aliphatic rings. The van der Waals surface area contributed by atoms with Gasteiger partial charge in [-0.2, -0.15) is 0 Å². The van der Waals surface area contributed by atoms with E-state index in [0.29, 0.717) is 12.1 Å². The lowest BCUT2D eigenvalue weighted by atomic mass is 10.0. The van der Waals surface area contributed by atoms with Crippen molar-refractivity contribution in [3.63, 3.8) is 0 Å². The lowest BCUT2D eigenvalue weighted by molar-refractivity contribution is 0.0104. The van der Waals surface area contributed by atoms with Crippen molar-refractivity contribution in [3.05, 3.63) is 24.3 Å². The smallest absolute Gasteiger partial charge is 0.0776 e. The van der Waals surface area contributed by atoms with Crippen molar-refractivity contribution in [1.29, 1.82) is 0 Å². The Morgan fingerprint density at radius 3 is 2.67 bits per heavy atom. The number of ether oxygens (including phenoxy) is 1. The monoisotopic (exact) mass is 265 g/mol. The molecule has 0 amide bonds. The third kappa shape index (κ3) is 3.01. The summed E-state index contributed by atoms with van der Waals surface area (Å²) in [6.45, 7) is 6.35. The van der Waals surface area contributed by atoms with E-state index >= 15 is 0 Å². The molecule has 100 valence electrons. The average Bonchev–Trinajstić information content (AvgIpc) is 2.42. The second kappa shape index (κ2) is 6.48. The molecule has 1 aromatic rings. The number of rotatable bonds is 4. The van der Waals surface area contributed by atoms with Crippen LogP contribution in [0.5, 0.6) is 0 Å². The number of morpholine rings is 1. The Hall–Kier alpha value is -0.670. The van der Waals surface area contributed by atoms with Gasteiger partial charge in [0.15, 0.2) is 0 Å². The van der Waals surface area contributed by atoms with Crippen molar-refractivity contribution < 1.29 is 4.74 Å². The zero-order valence-corrected chi connectivity index (χ0v) is 12.4. The molecular weight excluding hydrogens is 242 g/mol. The molecule has 1 heterocycles. The second-order valence-corrected chi connectivity index (χ2v) is 5.71. The van der Waals surface area contributed by atoms with Gasteiger partial charge in [0, 0.05) is 17.1 Å². The molecule has 0 aromatic heterocycles. The van der Waals surface area contributed by atoms with E-state index in [4.69, 9.17) is 4.74 Å². The molecule has 0 spiro atoms. The van der Waals surface area contributed by atoms with Crippen LogP contribution in [-0.4, -0.2) is 31.6 Å². The summed E-state index contributed by atoms with van der Waals surface area (Å²) in [5.41, 5.74) is 1.32. The molecule has 2 rings (SSSR count). The quantitative estimate of drug-likeness (QED) is 0.768. The molecule has 1 aromatic carbocycles. The minimum atomic E-state index is 0.379. The first-order valence-corrected chi connectivity index (χ1v) is 8.01. The van der Waals surface area contributed by atoms with Gasteiger partial charge in [-0.25, -0.2) is 0 Å². The largest absolute Gasteiger partial charge is 0.374 e. The molecule has 0 saturated carbocycles. The molecule has 3 heteroatoms. The highest BCUT2D eigenvalue weighted by molar-refractivity contribution is 7.98. The SMILES string of the molecule is CCCC1OCCN(c2ccc(SC)cc2)C1C. The van der Waals surface area contributed by atoms with Gasteiger partial charge in [0.25, 0.3) is 0 Å². The minimum Gasteiger partial charge on any atom is -0.374 e. The van der Waals surface area contributed by atoms with E-state index in [1.54, 1.807) is 11.8 Å². The predicted molar refractivity (Wildman–Crippen MR) is 79.7 cm³/mol. The van der Waals surface area contributed by atoms with Crippen LogP contribution in [-0.2, 0) is 4.74 Å². The molecule has 18 heavy (non-hydrogen) atoms. The summed E-state index contributed by atoms with van der Waals surface area (Å²) in [6, 6.07) is 9.35. The summed E-state index contributed by atoms with van der Waals surface area (Å²) in [5.74, 6) is 0. The number of anilines is 1. The Labute approximate surface area is 115 Å². The number of benzene rings is 1. The fourth-order valence-corrected chi connectivity index (χ4v) is 3.00. The zero-order chi connectivity index (χ0) is 13.0. The average molecular weight is 265 g/mol. The van der Waals surface area contributed by atoms with Crippen molar-refractivity contribution in [2.45, 2.75) is 43.7 Å². The van der Waals surface area contributed by atoms with Crippen LogP contribution in [0.2, 0.25) is 0 Å². The lowest BCUT2D eigenvalue weighted by Crippen LogP contribution is -2.49. The lowest BCUT2D eigenvalue weighted by Gasteiger charge is -2.41. The van der Waals surface area contributed by atoms with Gasteiger partial charge in [-0.05, 0) is 43.9 Å². The van der Waals surface area contributed by atoms with Gasteiger partial charge in [0.1, 0.15) is 0 Å². The molecule has 2 atom stereocenters. The van der Waals surface area contributed by atoms with Gasteiger partial charge < -0.3 is 9.64 Å². The van der Waals surface area contributed by atoms with Gasteiger partial charge in [-0.1, -0.05) is 13.3 Å². The normalized spacial score (nSPS) is 24.3. The molecule has 1 aliphatic heterocycles. The number of hydrogen-bond acceptors (Lipinski definition) is 3. The molecule has 0 radical (unpaired) electrons. The van der Waals surface area contributed by atoms with Crippen molar-refractivity contribution in [3.8, 4) is 0 Å². The molecular formula is C15H23NOS. The second-order valence-electron chi connectivity index (χ2n) is 4.83. The van der Waals surface area contributed by atoms with E-state index in [2.05, 4.69) is 49.3 Å². The predicted octanol–water partition coefficient (Wildman–Crippen LogP) is 3.80. The van der Waals surface area contributed by atoms with Crippen LogP contribution in [0, 0.1) is 0 Å². The summed E-state index contributed by atoms with van der Waals surface area (Å²) in [4.78, 5) is 3.80. The Bertz CT molecular complexity index is 363. The van der Waals surface area contributed by atoms with Crippen LogP contribution in [0.4, 0.5) is 5.69 Å². The van der Waals surface area contributed by atoms with Gasteiger partial charge in [-0.15, -0.1) is 11.8 Å². The van der Waals surface area contributed by atoms with Gasteiger partial charge in [0.05, 0.1) is 18.8 Å². The number of nitrogens with zero attached hydrogens (tertiary/aromatic N) is 1. The van der Waals surface area contributed by atoms with E-state index in [1.165, 1.54) is 17.0 Å². The molecule has 1 fully saturated rings. The summed E-state index contributed by atoms with van der Waals surface area (Å²) in [5, 5.41) is 0. The van der Waals surface area contributed by atoms with Crippen LogP contribution in [0.25, 0.3) is 0 Å². The highest BCUT2D eigenvalue weighted by Gasteiger charge is 2.28. The maximum absolute atomic E-state index is 5.88. The summed E-state index contributed by atoms with van der Waals surface area (Å²) >= 11 is 1.79. The fourth-order valence-electron chi connectivity index (χ4n) is 2.59. The van der Waals surface area contributed by atoms with E-state index in [1.807, 2.05) is 0 Å². The van der Waals surface area contributed by atoms with Crippen molar-refractivity contribution in [2.75, 3.05) is 24.3 Å². The Morgan fingerprint density at radius 1 is 1.33 bits per heavy atom. The first-order valence-electron chi connectivity index (χ1n) is 6.78. The minimum absolute atomic E-state index is 0.379. The molecule has 1 saturated heterocycles. The fraction of sp³-hybridized carbons (Fsp3) is 0.600. The van der Waals surface area contributed by atoms with Gasteiger partial charge >= 0.3 is 0 Å². The Balaban J connectivity index is 2.10. The first-order chi connectivity index (χ1) is 8.76. The molecule has 0 aliphatic carbocycles. The van der Waals surface area contributed by atoms with Crippen LogP contribution in [0.1, 0.15) is 26.7 Å². The standard InChI is InChI=1S/C15H23NOS/c1-4-5-15-12(2)16(10-11-17-15)13-6-8-14(18-3)9-7-13/h6-9,12,15H,4-5,10-11H2,1-3H3. The van der Waals surface area contributed by atoms with E-state index in [-0.39, 0.29) is 0 Å². The van der Waals surface area contributed by atoms with Crippen LogP contribution in [0.15, 0.2) is 29.2 Å². The third-order valence-electron chi connectivity index (χ3n) is 3.67. The molecule has 0 bridgehead atoms. The van der Waals surface area contributed by atoms with E-state index in [9.17, 15) is 0 Å². The topological polar surface area (TPSA) is 12.5 Å². The molecule has 2 nitrogen and oxygen atoms in total. The highest BCUT2D eigenvalue weighted by atomic mass is 32.2. The van der Waals surface area contributed by atoms with Crippen LogP contribution >= 0.6 is 11.8 Å². The Morgan fingerprint density at radius 2 is 2.06 bits per heavy atom. The molecule has 0 N–H and O–H groups in total. The maximum Gasteiger partial charge on any atom is 0.0776 e. The first kappa shape index (κ1) is 13.8. The van der Waals surface area contributed by atoms with Gasteiger partial charge in [0.2, 0.25) is 0 Å². The van der Waals surface area contributed by atoms with Crippen molar-refractivity contribution in [1.82, 2.24) is 0 Å². The summed E-state index contributed by atoms with van der Waals surface area (Å²) in [7, 11) is 0. The highest BCUT2D eigenvalue weighted by Crippen LogP contribution is 2.26. The van der Waals surface area contributed by atoms with E-state index < -0.39 is 0 Å². The molecule has 2 unspecified atom stereocenters. The van der Waals surface area contributed by atoms with Crippen LogP contribution < -0.4 is 4.90 Å². The zero-order valence-electron chi connectivity index (χ0n) is 11.6. The third-order valence-corrected chi connectivity index (χ3v) is 4.41. The summed E-state index contributed by atoms with van der Waals surface area (Å²) < 4.78 is 5.88. The van der Waals surface area contributed by atoms with E-state index in [0.717, 1.165) is 19.6 Å².